The van der Waals surface area contributed by atoms with Crippen LogP contribution in [0.3, 0.4) is 0 Å². The highest BCUT2D eigenvalue weighted by atomic mass is 32.1. The number of ether oxygens (including phenoxy) is 1. The molecule has 0 fully saturated rings. The second-order valence-corrected chi connectivity index (χ2v) is 3.53. The van der Waals surface area contributed by atoms with E-state index in [2.05, 4.69) is 9.36 Å². The second kappa shape index (κ2) is 3.82. The summed E-state index contributed by atoms with van der Waals surface area (Å²) in [4.78, 5) is 3.92. The third-order valence-corrected chi connectivity index (χ3v) is 2.60. The Balaban J connectivity index is 2.60. The molecule has 6 heteroatoms. The largest absolute Gasteiger partial charge is 0.496 e. The van der Waals surface area contributed by atoms with Gasteiger partial charge in [-0.1, -0.05) is 6.07 Å². The van der Waals surface area contributed by atoms with Crippen LogP contribution in [0.15, 0.2) is 18.2 Å². The molecule has 0 spiro atoms. The average Bonchev–Trinajstić information content (AvgIpc) is 2.64. The van der Waals surface area contributed by atoms with Crippen molar-refractivity contribution in [3.63, 3.8) is 0 Å². The summed E-state index contributed by atoms with van der Waals surface area (Å²) in [5, 5.41) is 0.419. The minimum atomic E-state index is -0.398. The monoisotopic (exact) mass is 225 g/mol. The molecule has 2 rings (SSSR count). The molecule has 0 saturated carbocycles. The van der Waals surface area contributed by atoms with Crippen molar-refractivity contribution in [3.05, 3.63) is 24.0 Å². The van der Waals surface area contributed by atoms with Gasteiger partial charge in [-0.2, -0.15) is 9.36 Å². The number of aromatic nitrogens is 2. The summed E-state index contributed by atoms with van der Waals surface area (Å²) in [5.74, 6) is 0.164. The van der Waals surface area contributed by atoms with Crippen LogP contribution in [0.25, 0.3) is 10.6 Å². The van der Waals surface area contributed by atoms with Crippen LogP contribution < -0.4 is 10.5 Å². The number of rotatable bonds is 2. The lowest BCUT2D eigenvalue weighted by Gasteiger charge is -2.05. The third kappa shape index (κ3) is 1.75. The van der Waals surface area contributed by atoms with E-state index in [1.165, 1.54) is 13.2 Å². The minimum absolute atomic E-state index is 0.139. The quantitative estimate of drug-likeness (QED) is 0.848. The first kappa shape index (κ1) is 9.85. The van der Waals surface area contributed by atoms with Gasteiger partial charge in [0.15, 0.2) is 5.01 Å². The molecule has 2 aromatic rings. The van der Waals surface area contributed by atoms with Gasteiger partial charge in [0, 0.05) is 0 Å². The maximum atomic E-state index is 13.6. The van der Waals surface area contributed by atoms with E-state index in [4.69, 9.17) is 10.5 Å². The predicted molar refractivity (Wildman–Crippen MR) is 56.3 cm³/mol. The standard InChI is InChI=1S/C9H8FN3OS/c1-14-6-4-2-3-5(10)7(6)8-12-9(11)13-15-8/h2-4H,1H3,(H2,11,13). The Morgan fingerprint density at radius 3 is 2.87 bits per heavy atom. The van der Waals surface area contributed by atoms with Crippen molar-refractivity contribution >= 4 is 17.5 Å². The zero-order valence-corrected chi connectivity index (χ0v) is 8.71. The molecule has 15 heavy (non-hydrogen) atoms. The number of methoxy groups -OCH3 is 1. The molecule has 0 amide bonds. The summed E-state index contributed by atoms with van der Waals surface area (Å²) < 4.78 is 22.4. The molecule has 0 saturated heterocycles. The molecule has 0 bridgehead atoms. The van der Waals surface area contributed by atoms with Crippen molar-refractivity contribution in [1.29, 1.82) is 0 Å². The topological polar surface area (TPSA) is 61.0 Å². The Morgan fingerprint density at radius 2 is 2.27 bits per heavy atom. The fourth-order valence-corrected chi connectivity index (χ4v) is 1.86. The molecule has 1 heterocycles. The number of nitrogen functional groups attached to an aromatic ring is 1. The van der Waals surface area contributed by atoms with Crippen molar-refractivity contribution in [2.24, 2.45) is 0 Å². The van der Waals surface area contributed by atoms with Gasteiger partial charge in [-0.05, 0) is 23.7 Å². The van der Waals surface area contributed by atoms with E-state index >= 15 is 0 Å². The number of nitrogens with zero attached hydrogens (tertiary/aromatic N) is 2. The normalized spacial score (nSPS) is 10.3. The fraction of sp³-hybridized carbons (Fsp3) is 0.111. The van der Waals surface area contributed by atoms with Gasteiger partial charge < -0.3 is 10.5 Å². The molecule has 0 radical (unpaired) electrons. The van der Waals surface area contributed by atoms with Crippen LogP contribution in [0.5, 0.6) is 5.75 Å². The Labute approximate surface area is 89.7 Å². The second-order valence-electron chi connectivity index (χ2n) is 2.77. The fourth-order valence-electron chi connectivity index (χ4n) is 1.22. The van der Waals surface area contributed by atoms with E-state index in [0.29, 0.717) is 16.3 Å². The Morgan fingerprint density at radius 1 is 1.47 bits per heavy atom. The number of halogens is 1. The predicted octanol–water partition coefficient (Wildman–Crippen LogP) is 1.94. The highest BCUT2D eigenvalue weighted by molar-refractivity contribution is 7.09. The van der Waals surface area contributed by atoms with Gasteiger partial charge in [-0.15, -0.1) is 0 Å². The zero-order valence-electron chi connectivity index (χ0n) is 7.90. The molecule has 0 atom stereocenters. The van der Waals surface area contributed by atoms with E-state index < -0.39 is 5.82 Å². The van der Waals surface area contributed by atoms with Gasteiger partial charge in [-0.25, -0.2) is 4.39 Å². The molecule has 1 aromatic carbocycles. The smallest absolute Gasteiger partial charge is 0.232 e. The van der Waals surface area contributed by atoms with Crippen molar-refractivity contribution in [1.82, 2.24) is 9.36 Å². The summed E-state index contributed by atoms with van der Waals surface area (Å²) in [7, 11) is 1.47. The van der Waals surface area contributed by atoms with Crippen LogP contribution in [0.4, 0.5) is 10.3 Å². The molecule has 0 aliphatic carbocycles. The Hall–Kier alpha value is -1.69. The number of hydrogen-bond acceptors (Lipinski definition) is 5. The van der Waals surface area contributed by atoms with Crippen molar-refractivity contribution in [3.8, 4) is 16.3 Å². The van der Waals surface area contributed by atoms with Crippen LogP contribution >= 0.6 is 11.5 Å². The van der Waals surface area contributed by atoms with E-state index in [9.17, 15) is 4.39 Å². The number of benzene rings is 1. The highest BCUT2D eigenvalue weighted by Gasteiger charge is 2.15. The maximum absolute atomic E-state index is 13.6. The lowest BCUT2D eigenvalue weighted by atomic mass is 10.2. The third-order valence-electron chi connectivity index (χ3n) is 1.85. The van der Waals surface area contributed by atoms with E-state index in [1.54, 1.807) is 12.1 Å². The van der Waals surface area contributed by atoms with Crippen molar-refractivity contribution in [2.45, 2.75) is 0 Å². The molecular weight excluding hydrogens is 217 g/mol. The molecule has 2 N–H and O–H groups in total. The molecule has 0 aliphatic rings. The molecule has 0 unspecified atom stereocenters. The SMILES string of the molecule is COc1cccc(F)c1-c1nc(N)ns1. The van der Waals surface area contributed by atoms with Crippen LogP contribution in [0, 0.1) is 5.82 Å². The van der Waals surface area contributed by atoms with Crippen molar-refractivity contribution < 1.29 is 9.13 Å². The van der Waals surface area contributed by atoms with Gasteiger partial charge >= 0.3 is 0 Å². The van der Waals surface area contributed by atoms with Gasteiger partial charge in [0.1, 0.15) is 11.6 Å². The molecule has 4 nitrogen and oxygen atoms in total. The summed E-state index contributed by atoms with van der Waals surface area (Å²) in [6, 6.07) is 4.58. The average molecular weight is 225 g/mol. The lowest BCUT2D eigenvalue weighted by Crippen LogP contribution is -1.92. The molecule has 1 aromatic heterocycles. The lowest BCUT2D eigenvalue weighted by molar-refractivity contribution is 0.413. The first-order valence-corrected chi connectivity index (χ1v) is 4.91. The van der Waals surface area contributed by atoms with E-state index in [0.717, 1.165) is 11.5 Å². The van der Waals surface area contributed by atoms with Crippen LogP contribution in [0.2, 0.25) is 0 Å². The Bertz CT molecular complexity index is 486. The van der Waals surface area contributed by atoms with E-state index in [-0.39, 0.29) is 5.95 Å². The summed E-state index contributed by atoms with van der Waals surface area (Å²) in [6.07, 6.45) is 0. The number of nitrogens with two attached hydrogens (primary N) is 1. The van der Waals surface area contributed by atoms with Crippen LogP contribution in [-0.2, 0) is 0 Å². The summed E-state index contributed by atoms with van der Waals surface area (Å²) in [5.41, 5.74) is 5.68. The van der Waals surface area contributed by atoms with Gasteiger partial charge in [0.2, 0.25) is 5.95 Å². The van der Waals surface area contributed by atoms with Crippen LogP contribution in [-0.4, -0.2) is 16.5 Å². The first-order valence-electron chi connectivity index (χ1n) is 4.14. The summed E-state index contributed by atoms with van der Waals surface area (Å²) in [6.45, 7) is 0. The maximum Gasteiger partial charge on any atom is 0.232 e. The van der Waals surface area contributed by atoms with Gasteiger partial charge in [0.05, 0.1) is 12.7 Å². The Kier molecular flexibility index (Phi) is 2.51. The van der Waals surface area contributed by atoms with Crippen molar-refractivity contribution in [2.75, 3.05) is 12.8 Å². The summed E-state index contributed by atoms with van der Waals surface area (Å²) >= 11 is 1.04. The first-order chi connectivity index (χ1) is 7.22. The van der Waals surface area contributed by atoms with Gasteiger partial charge in [-0.3, -0.25) is 0 Å². The van der Waals surface area contributed by atoms with Gasteiger partial charge in [0.25, 0.3) is 0 Å². The molecule has 0 aliphatic heterocycles. The number of anilines is 1. The zero-order chi connectivity index (χ0) is 10.8. The minimum Gasteiger partial charge on any atom is -0.496 e. The van der Waals surface area contributed by atoms with E-state index in [1.807, 2.05) is 0 Å². The number of hydrogen-bond donors (Lipinski definition) is 1. The molecular formula is C9H8FN3OS. The van der Waals surface area contributed by atoms with Crippen LogP contribution in [0.1, 0.15) is 0 Å². The molecule has 78 valence electrons. The highest BCUT2D eigenvalue weighted by Crippen LogP contribution is 2.33.